The van der Waals surface area contributed by atoms with Gasteiger partial charge in [-0.3, -0.25) is 4.79 Å². The summed E-state index contributed by atoms with van der Waals surface area (Å²) < 4.78 is 10.9. The maximum atomic E-state index is 12.6. The van der Waals surface area contributed by atoms with Crippen LogP contribution in [-0.2, 0) is 9.53 Å². The summed E-state index contributed by atoms with van der Waals surface area (Å²) in [6.45, 7) is 7.83. The van der Waals surface area contributed by atoms with E-state index in [-0.39, 0.29) is 23.1 Å². The maximum Gasteiger partial charge on any atom is 0.339 e. The zero-order valence-corrected chi connectivity index (χ0v) is 16.7. The molecule has 144 valence electrons. The van der Waals surface area contributed by atoms with E-state index in [1.807, 2.05) is 39.0 Å². The Morgan fingerprint density at radius 3 is 2.52 bits per heavy atom. The van der Waals surface area contributed by atoms with Gasteiger partial charge < -0.3 is 14.8 Å². The van der Waals surface area contributed by atoms with Crippen molar-refractivity contribution in [1.29, 1.82) is 0 Å². The van der Waals surface area contributed by atoms with Crippen molar-refractivity contribution in [2.45, 2.75) is 40.2 Å². The molecule has 0 fully saturated rings. The van der Waals surface area contributed by atoms with Gasteiger partial charge in [-0.1, -0.05) is 30.7 Å². The number of halogens is 1. The zero-order chi connectivity index (χ0) is 20.0. The van der Waals surface area contributed by atoms with Crippen molar-refractivity contribution in [3.05, 3.63) is 58.1 Å². The predicted octanol–water partition coefficient (Wildman–Crippen LogP) is 4.93. The van der Waals surface area contributed by atoms with E-state index < -0.39 is 12.1 Å². The van der Waals surface area contributed by atoms with Crippen LogP contribution in [-0.4, -0.2) is 24.6 Å². The third-order valence-electron chi connectivity index (χ3n) is 4.22. The Balaban J connectivity index is 2.11. The van der Waals surface area contributed by atoms with E-state index in [9.17, 15) is 9.59 Å². The van der Waals surface area contributed by atoms with E-state index >= 15 is 0 Å². The minimum atomic E-state index is -0.644. The summed E-state index contributed by atoms with van der Waals surface area (Å²) in [4.78, 5) is 24.4. The predicted molar refractivity (Wildman–Crippen MR) is 107 cm³/mol. The van der Waals surface area contributed by atoms with Crippen LogP contribution in [0.1, 0.15) is 41.8 Å². The number of rotatable bonds is 7. The number of nitrogens with one attached hydrogen (secondary N) is 1. The van der Waals surface area contributed by atoms with Gasteiger partial charge in [0.05, 0.1) is 17.2 Å². The van der Waals surface area contributed by atoms with Crippen molar-refractivity contribution in [2.24, 2.45) is 0 Å². The van der Waals surface area contributed by atoms with Gasteiger partial charge in [0.15, 0.2) is 6.10 Å². The van der Waals surface area contributed by atoms with Gasteiger partial charge in [-0.15, -0.1) is 0 Å². The summed E-state index contributed by atoms with van der Waals surface area (Å²) in [7, 11) is 0. The normalized spacial score (nSPS) is 11.6. The second kappa shape index (κ2) is 9.42. The number of carbonyl (C=O) groups is 2. The van der Waals surface area contributed by atoms with Crippen molar-refractivity contribution in [3.8, 4) is 5.75 Å². The second-order valence-corrected chi connectivity index (χ2v) is 6.52. The van der Waals surface area contributed by atoms with Crippen molar-refractivity contribution in [2.75, 3.05) is 11.9 Å². The van der Waals surface area contributed by atoms with E-state index in [1.165, 1.54) is 12.1 Å². The molecule has 2 aromatic carbocycles. The van der Waals surface area contributed by atoms with Gasteiger partial charge in [0.2, 0.25) is 0 Å². The molecular formula is C21H24ClNO4. The molecule has 0 bridgehead atoms. The summed E-state index contributed by atoms with van der Waals surface area (Å²) in [5.41, 5.74) is 2.85. The summed E-state index contributed by atoms with van der Waals surface area (Å²) in [5, 5.41) is 3.00. The summed E-state index contributed by atoms with van der Waals surface area (Å²) in [6.07, 6.45) is -0.137. The Bertz CT molecular complexity index is 835. The Morgan fingerprint density at radius 1 is 1.15 bits per heavy atom. The minimum absolute atomic E-state index is 0.217. The molecule has 0 aliphatic heterocycles. The first-order valence-electron chi connectivity index (χ1n) is 8.87. The average Bonchev–Trinajstić information content (AvgIpc) is 2.63. The Hall–Kier alpha value is -2.53. The molecular weight excluding hydrogens is 366 g/mol. The van der Waals surface area contributed by atoms with E-state index in [4.69, 9.17) is 21.1 Å². The molecule has 1 N–H and O–H groups in total. The fraction of sp³-hybridized carbons (Fsp3) is 0.333. The average molecular weight is 390 g/mol. The van der Waals surface area contributed by atoms with Crippen molar-refractivity contribution in [1.82, 2.24) is 0 Å². The number of aryl methyl sites for hydroxylation is 1. The molecule has 1 atom stereocenters. The van der Waals surface area contributed by atoms with Crippen LogP contribution >= 0.6 is 11.6 Å². The molecule has 0 aliphatic carbocycles. The van der Waals surface area contributed by atoms with E-state index in [0.717, 1.165) is 11.1 Å². The maximum absolute atomic E-state index is 12.6. The molecule has 1 amide bonds. The lowest BCUT2D eigenvalue weighted by Gasteiger charge is -2.19. The molecule has 0 heterocycles. The molecule has 0 aliphatic rings. The van der Waals surface area contributed by atoms with E-state index in [2.05, 4.69) is 5.32 Å². The molecule has 27 heavy (non-hydrogen) atoms. The van der Waals surface area contributed by atoms with Crippen LogP contribution in [0.3, 0.4) is 0 Å². The molecule has 6 heteroatoms. The number of anilines is 1. The highest BCUT2D eigenvalue weighted by atomic mass is 35.5. The molecule has 2 aromatic rings. The first kappa shape index (κ1) is 20.8. The van der Waals surface area contributed by atoms with Gasteiger partial charge >= 0.3 is 5.97 Å². The number of hydrogen-bond donors (Lipinski definition) is 1. The van der Waals surface area contributed by atoms with E-state index in [0.29, 0.717) is 17.9 Å². The largest absolute Gasteiger partial charge is 0.480 e. The van der Waals surface area contributed by atoms with Gasteiger partial charge in [0, 0.05) is 5.69 Å². The van der Waals surface area contributed by atoms with Gasteiger partial charge in [-0.2, -0.15) is 0 Å². The number of benzene rings is 2. The summed E-state index contributed by atoms with van der Waals surface area (Å²) in [6, 6.07) is 10.4. The zero-order valence-electron chi connectivity index (χ0n) is 16.0. The number of ether oxygens (including phenoxy) is 2. The van der Waals surface area contributed by atoms with Crippen molar-refractivity contribution in [3.63, 3.8) is 0 Å². The first-order valence-corrected chi connectivity index (χ1v) is 9.25. The molecule has 2 rings (SSSR count). The third kappa shape index (κ3) is 5.23. The van der Waals surface area contributed by atoms with Crippen LogP contribution in [0.15, 0.2) is 36.4 Å². The highest BCUT2D eigenvalue weighted by molar-refractivity contribution is 6.34. The lowest BCUT2D eigenvalue weighted by Crippen LogP contribution is -2.32. The van der Waals surface area contributed by atoms with Crippen LogP contribution in [0, 0.1) is 13.8 Å². The number of carbonyl (C=O) groups excluding carboxylic acids is 2. The molecule has 0 radical (unpaired) electrons. The van der Waals surface area contributed by atoms with Crippen molar-refractivity contribution >= 4 is 29.2 Å². The number of amides is 1. The lowest BCUT2D eigenvalue weighted by molar-refractivity contribution is -0.122. The highest BCUT2D eigenvalue weighted by Crippen LogP contribution is 2.24. The van der Waals surface area contributed by atoms with Gasteiger partial charge in [-0.25, -0.2) is 4.79 Å². The second-order valence-electron chi connectivity index (χ2n) is 6.12. The van der Waals surface area contributed by atoms with Gasteiger partial charge in [0.1, 0.15) is 5.75 Å². The molecule has 0 saturated carbocycles. The number of hydrogen-bond acceptors (Lipinski definition) is 4. The third-order valence-corrected chi connectivity index (χ3v) is 4.53. The molecule has 0 aromatic heterocycles. The Kier molecular flexibility index (Phi) is 7.25. The SMILES string of the molecule is CCOC(=O)c1ccc(NC(=O)[C@H](CC)Oc2cccc(C)c2C)cc1Cl. The fourth-order valence-electron chi connectivity index (χ4n) is 2.52. The van der Waals surface area contributed by atoms with Crippen LogP contribution in [0.25, 0.3) is 0 Å². The number of esters is 1. The Labute approximate surface area is 164 Å². The monoisotopic (exact) mass is 389 g/mol. The first-order chi connectivity index (χ1) is 12.9. The Morgan fingerprint density at radius 2 is 1.89 bits per heavy atom. The molecule has 5 nitrogen and oxygen atoms in total. The summed E-state index contributed by atoms with van der Waals surface area (Å²) in [5.74, 6) is -0.0869. The minimum Gasteiger partial charge on any atom is -0.480 e. The van der Waals surface area contributed by atoms with Crippen molar-refractivity contribution < 1.29 is 19.1 Å². The lowest BCUT2D eigenvalue weighted by atomic mass is 10.1. The van der Waals surface area contributed by atoms with Crippen LogP contribution in [0.5, 0.6) is 5.75 Å². The van der Waals surface area contributed by atoms with Crippen LogP contribution in [0.4, 0.5) is 5.69 Å². The van der Waals surface area contributed by atoms with Crippen LogP contribution < -0.4 is 10.1 Å². The topological polar surface area (TPSA) is 64.6 Å². The fourth-order valence-corrected chi connectivity index (χ4v) is 2.78. The highest BCUT2D eigenvalue weighted by Gasteiger charge is 2.20. The summed E-state index contributed by atoms with van der Waals surface area (Å²) >= 11 is 6.14. The smallest absolute Gasteiger partial charge is 0.339 e. The van der Waals surface area contributed by atoms with E-state index in [1.54, 1.807) is 13.0 Å². The molecule has 0 spiro atoms. The van der Waals surface area contributed by atoms with Gasteiger partial charge in [0.25, 0.3) is 5.91 Å². The quantitative estimate of drug-likeness (QED) is 0.682. The molecule has 0 unspecified atom stereocenters. The standard InChI is InChI=1S/C21H24ClNO4/c1-5-18(27-19-9-7-8-13(3)14(19)4)20(24)23-15-10-11-16(17(22)12-15)21(25)26-6-2/h7-12,18H,5-6H2,1-4H3,(H,23,24)/t18-/m0/s1. The molecule has 0 saturated heterocycles. The van der Waals surface area contributed by atoms with Gasteiger partial charge in [-0.05, 0) is 62.6 Å². The van der Waals surface area contributed by atoms with Crippen LogP contribution in [0.2, 0.25) is 5.02 Å².